The normalized spacial score (nSPS) is 24.9. The van der Waals surface area contributed by atoms with E-state index in [-0.39, 0.29) is 16.5 Å². The van der Waals surface area contributed by atoms with Gasteiger partial charge in [-0.2, -0.15) is 9.57 Å². The molecule has 0 radical (unpaired) electrons. The first kappa shape index (κ1) is 14.0. The lowest BCUT2D eigenvalue weighted by Crippen LogP contribution is -2.49. The van der Waals surface area contributed by atoms with Crippen molar-refractivity contribution in [3.63, 3.8) is 0 Å². The molecule has 1 aliphatic heterocycles. The molecule has 0 saturated carbocycles. The standard InChI is InChI=1S/C13H17N3O2S/c1-10-6-7-16(9-12(10)15)19(17,18)13-5-3-2-4-11(13)8-14/h2-5,10,12H,6-7,9,15H2,1H3. The molecule has 1 heterocycles. The summed E-state index contributed by atoms with van der Waals surface area (Å²) in [4.78, 5) is 0.0688. The van der Waals surface area contributed by atoms with Gasteiger partial charge in [0, 0.05) is 19.1 Å². The van der Waals surface area contributed by atoms with Gasteiger partial charge in [-0.05, 0) is 24.5 Å². The minimum atomic E-state index is -3.63. The van der Waals surface area contributed by atoms with Crippen molar-refractivity contribution in [2.24, 2.45) is 11.7 Å². The van der Waals surface area contributed by atoms with Gasteiger partial charge in [0.05, 0.1) is 10.5 Å². The second-order valence-electron chi connectivity index (χ2n) is 4.90. The molecular weight excluding hydrogens is 262 g/mol. The summed E-state index contributed by atoms with van der Waals surface area (Å²) in [5.41, 5.74) is 6.12. The summed E-state index contributed by atoms with van der Waals surface area (Å²) in [5, 5.41) is 9.02. The van der Waals surface area contributed by atoms with Gasteiger partial charge in [0.1, 0.15) is 6.07 Å². The van der Waals surface area contributed by atoms with Crippen LogP contribution in [0.1, 0.15) is 18.9 Å². The van der Waals surface area contributed by atoms with Crippen LogP contribution in [0.25, 0.3) is 0 Å². The molecule has 0 aromatic heterocycles. The molecule has 2 N–H and O–H groups in total. The lowest BCUT2D eigenvalue weighted by atomic mass is 9.96. The summed E-state index contributed by atoms with van der Waals surface area (Å²) < 4.78 is 26.5. The first-order valence-corrected chi connectivity index (χ1v) is 7.65. The predicted molar refractivity (Wildman–Crippen MR) is 71.7 cm³/mol. The molecule has 19 heavy (non-hydrogen) atoms. The highest BCUT2D eigenvalue weighted by atomic mass is 32.2. The Morgan fingerprint density at radius 1 is 1.42 bits per heavy atom. The average molecular weight is 279 g/mol. The monoisotopic (exact) mass is 279 g/mol. The Kier molecular flexibility index (Phi) is 3.90. The van der Waals surface area contributed by atoms with Crippen LogP contribution in [0.4, 0.5) is 0 Å². The summed E-state index contributed by atoms with van der Waals surface area (Å²) in [6.45, 7) is 2.79. The minimum absolute atomic E-state index is 0.0688. The highest BCUT2D eigenvalue weighted by Crippen LogP contribution is 2.24. The van der Waals surface area contributed by atoms with Gasteiger partial charge in [-0.15, -0.1) is 0 Å². The van der Waals surface area contributed by atoms with Crippen LogP contribution in [-0.2, 0) is 10.0 Å². The van der Waals surface area contributed by atoms with Gasteiger partial charge in [0.15, 0.2) is 0 Å². The second kappa shape index (κ2) is 5.29. The van der Waals surface area contributed by atoms with Crippen LogP contribution in [0.15, 0.2) is 29.2 Å². The van der Waals surface area contributed by atoms with E-state index in [0.29, 0.717) is 19.0 Å². The molecule has 102 valence electrons. The molecule has 1 saturated heterocycles. The summed E-state index contributed by atoms with van der Waals surface area (Å²) in [6.07, 6.45) is 0.745. The number of nitrogens with two attached hydrogens (primary N) is 1. The van der Waals surface area contributed by atoms with Gasteiger partial charge >= 0.3 is 0 Å². The largest absolute Gasteiger partial charge is 0.326 e. The molecule has 2 atom stereocenters. The van der Waals surface area contributed by atoms with E-state index in [1.54, 1.807) is 12.1 Å². The van der Waals surface area contributed by atoms with Crippen LogP contribution >= 0.6 is 0 Å². The fourth-order valence-corrected chi connectivity index (χ4v) is 3.84. The zero-order valence-electron chi connectivity index (χ0n) is 10.8. The van der Waals surface area contributed by atoms with Crippen LogP contribution in [0.3, 0.4) is 0 Å². The average Bonchev–Trinajstić information content (AvgIpc) is 2.41. The molecule has 0 spiro atoms. The molecule has 1 aromatic carbocycles. The lowest BCUT2D eigenvalue weighted by Gasteiger charge is -2.34. The third-order valence-corrected chi connectivity index (χ3v) is 5.53. The minimum Gasteiger partial charge on any atom is -0.326 e. The van der Waals surface area contributed by atoms with Crippen LogP contribution in [0.5, 0.6) is 0 Å². The molecule has 2 unspecified atom stereocenters. The molecule has 1 fully saturated rings. The first-order chi connectivity index (χ1) is 8.96. The fourth-order valence-electron chi connectivity index (χ4n) is 2.21. The van der Waals surface area contributed by atoms with Gasteiger partial charge in [-0.1, -0.05) is 19.1 Å². The number of piperidine rings is 1. The van der Waals surface area contributed by atoms with Gasteiger partial charge < -0.3 is 5.73 Å². The topological polar surface area (TPSA) is 87.2 Å². The molecule has 0 bridgehead atoms. The van der Waals surface area contributed by atoms with E-state index in [2.05, 4.69) is 0 Å². The second-order valence-corrected chi connectivity index (χ2v) is 6.81. The third-order valence-electron chi connectivity index (χ3n) is 3.60. The predicted octanol–water partition coefficient (Wildman–Crippen LogP) is 0.916. The zero-order chi connectivity index (χ0) is 14.0. The summed E-state index contributed by atoms with van der Waals surface area (Å²) in [7, 11) is -3.63. The molecular formula is C13H17N3O2S. The first-order valence-electron chi connectivity index (χ1n) is 6.21. The van der Waals surface area contributed by atoms with Crippen molar-refractivity contribution in [2.45, 2.75) is 24.3 Å². The number of nitrogens with zero attached hydrogens (tertiary/aromatic N) is 2. The van der Waals surface area contributed by atoms with E-state index < -0.39 is 10.0 Å². The Morgan fingerprint density at radius 3 is 2.74 bits per heavy atom. The van der Waals surface area contributed by atoms with Crippen molar-refractivity contribution < 1.29 is 8.42 Å². The van der Waals surface area contributed by atoms with Gasteiger partial charge in [-0.25, -0.2) is 8.42 Å². The molecule has 2 rings (SSSR count). The van der Waals surface area contributed by atoms with Gasteiger partial charge in [0.25, 0.3) is 0 Å². The quantitative estimate of drug-likeness (QED) is 0.872. The van der Waals surface area contributed by atoms with Crippen LogP contribution in [0.2, 0.25) is 0 Å². The fraction of sp³-hybridized carbons (Fsp3) is 0.462. The Bertz CT molecular complexity index is 607. The molecule has 6 heteroatoms. The molecule has 0 aliphatic carbocycles. The van der Waals surface area contributed by atoms with Crippen LogP contribution < -0.4 is 5.73 Å². The van der Waals surface area contributed by atoms with E-state index >= 15 is 0 Å². The Hall–Kier alpha value is -1.42. The molecule has 5 nitrogen and oxygen atoms in total. The highest BCUT2D eigenvalue weighted by Gasteiger charge is 2.33. The van der Waals surface area contributed by atoms with E-state index in [4.69, 9.17) is 11.0 Å². The maximum atomic E-state index is 12.5. The number of nitriles is 1. The van der Waals surface area contributed by atoms with Crippen molar-refractivity contribution in [3.8, 4) is 6.07 Å². The number of sulfonamides is 1. The highest BCUT2D eigenvalue weighted by molar-refractivity contribution is 7.89. The summed E-state index contributed by atoms with van der Waals surface area (Å²) in [6, 6.07) is 8.03. The van der Waals surface area contributed by atoms with E-state index in [9.17, 15) is 8.42 Å². The number of benzene rings is 1. The Morgan fingerprint density at radius 2 is 2.11 bits per heavy atom. The maximum absolute atomic E-state index is 12.5. The number of rotatable bonds is 2. The summed E-state index contributed by atoms with van der Waals surface area (Å²) >= 11 is 0. The van der Waals surface area contributed by atoms with E-state index in [1.165, 1.54) is 16.4 Å². The van der Waals surface area contributed by atoms with Gasteiger partial charge in [0.2, 0.25) is 10.0 Å². The van der Waals surface area contributed by atoms with Crippen molar-refractivity contribution in [1.29, 1.82) is 5.26 Å². The number of hydrogen-bond acceptors (Lipinski definition) is 4. The molecule has 1 aromatic rings. The van der Waals surface area contributed by atoms with Crippen molar-refractivity contribution >= 4 is 10.0 Å². The summed E-state index contributed by atoms with van der Waals surface area (Å²) in [5.74, 6) is 0.317. The van der Waals surface area contributed by atoms with Crippen molar-refractivity contribution in [2.75, 3.05) is 13.1 Å². The van der Waals surface area contributed by atoms with Crippen LogP contribution in [-0.4, -0.2) is 31.9 Å². The smallest absolute Gasteiger partial charge is 0.244 e. The Balaban J connectivity index is 2.36. The molecule has 0 amide bonds. The molecule has 1 aliphatic rings. The number of hydrogen-bond donors (Lipinski definition) is 1. The SMILES string of the molecule is CC1CCN(S(=O)(=O)c2ccccc2C#N)CC1N. The van der Waals surface area contributed by atoms with E-state index in [0.717, 1.165) is 6.42 Å². The Labute approximate surface area is 113 Å². The maximum Gasteiger partial charge on any atom is 0.244 e. The third kappa shape index (κ3) is 2.63. The van der Waals surface area contributed by atoms with Crippen molar-refractivity contribution in [1.82, 2.24) is 4.31 Å². The van der Waals surface area contributed by atoms with E-state index in [1.807, 2.05) is 13.0 Å². The zero-order valence-corrected chi connectivity index (χ0v) is 11.6. The van der Waals surface area contributed by atoms with Crippen LogP contribution in [0, 0.1) is 17.2 Å². The van der Waals surface area contributed by atoms with Gasteiger partial charge in [-0.3, -0.25) is 0 Å². The lowest BCUT2D eigenvalue weighted by molar-refractivity contribution is 0.253. The van der Waals surface area contributed by atoms with Crippen molar-refractivity contribution in [3.05, 3.63) is 29.8 Å².